The second-order valence-corrected chi connectivity index (χ2v) is 6.98. The molecule has 0 atom stereocenters. The van der Waals surface area contributed by atoms with E-state index in [2.05, 4.69) is 91.9 Å². The fraction of sp³-hybridized carbons (Fsp3) is 0.0526. The van der Waals surface area contributed by atoms with E-state index < -0.39 is 7.92 Å². The van der Waals surface area contributed by atoms with Crippen LogP contribution in [0.2, 0.25) is 0 Å². The summed E-state index contributed by atoms with van der Waals surface area (Å²) >= 11 is 0. The van der Waals surface area contributed by atoms with E-state index in [-0.39, 0.29) is 25.8 Å². The van der Waals surface area contributed by atoms with Crippen molar-refractivity contribution < 1.29 is 25.8 Å². The van der Waals surface area contributed by atoms with Crippen LogP contribution in [0.25, 0.3) is 0 Å². The molecule has 0 heterocycles. The summed E-state index contributed by atoms with van der Waals surface area (Å²) < 4.78 is 0. The summed E-state index contributed by atoms with van der Waals surface area (Å²) in [6.07, 6.45) is 0. The van der Waals surface area contributed by atoms with Crippen molar-refractivity contribution in [3.05, 3.63) is 90.5 Å². The molecule has 0 fully saturated rings. The summed E-state index contributed by atoms with van der Waals surface area (Å²) in [5, 5.41) is 4.26. The minimum Gasteiger partial charge on any atom is -0.0622 e. The summed E-state index contributed by atoms with van der Waals surface area (Å²) in [6, 6.07) is 30.4. The Kier molecular flexibility index (Phi) is 6.08. The fourth-order valence-electron chi connectivity index (χ4n) is 2.40. The molecule has 0 spiro atoms. The molecule has 21 heavy (non-hydrogen) atoms. The van der Waals surface area contributed by atoms with Crippen molar-refractivity contribution in [3.63, 3.8) is 0 Å². The van der Waals surface area contributed by atoms with Gasteiger partial charge >= 0.3 is 0 Å². The van der Waals surface area contributed by atoms with Gasteiger partial charge in [0.25, 0.3) is 0 Å². The Labute approximate surface area is 146 Å². The molecule has 0 saturated carbocycles. The molecule has 0 aliphatic heterocycles. The van der Waals surface area contributed by atoms with Gasteiger partial charge in [0.2, 0.25) is 0 Å². The Morgan fingerprint density at radius 2 is 1.00 bits per heavy atom. The average Bonchev–Trinajstić information content (AvgIpc) is 2.52. The van der Waals surface area contributed by atoms with Crippen LogP contribution in [0.4, 0.5) is 0 Å². The first-order valence-corrected chi connectivity index (χ1v) is 8.16. The molecule has 3 aromatic carbocycles. The van der Waals surface area contributed by atoms with Crippen molar-refractivity contribution in [2.45, 2.75) is 6.92 Å². The minimum atomic E-state index is -0.467. The van der Waals surface area contributed by atoms with Gasteiger partial charge in [-0.2, -0.15) is 0 Å². The van der Waals surface area contributed by atoms with E-state index in [9.17, 15) is 0 Å². The van der Waals surface area contributed by atoms with Crippen LogP contribution in [0.1, 0.15) is 5.56 Å². The molecule has 101 valence electrons. The normalized spacial score (nSPS) is 10.2. The fourth-order valence-corrected chi connectivity index (χ4v) is 4.85. The Morgan fingerprint density at radius 3 is 1.48 bits per heavy atom. The number of aryl methyl sites for hydroxylation is 1. The number of hydrogen-bond donors (Lipinski definition) is 0. The van der Waals surface area contributed by atoms with Gasteiger partial charge in [0.05, 0.1) is 0 Å². The summed E-state index contributed by atoms with van der Waals surface area (Å²) in [6.45, 7) is 2.20. The van der Waals surface area contributed by atoms with Gasteiger partial charge in [-0.15, -0.1) is 0 Å². The second kappa shape index (κ2) is 7.82. The van der Waals surface area contributed by atoms with Gasteiger partial charge in [0.15, 0.2) is 0 Å². The number of rotatable bonds is 3. The van der Waals surface area contributed by atoms with E-state index in [0.717, 1.165) is 0 Å². The second-order valence-electron chi connectivity index (χ2n) is 4.79. The first kappa shape index (κ1) is 16.3. The van der Waals surface area contributed by atoms with Crippen LogP contribution >= 0.6 is 7.92 Å². The SMILES string of the molecule is Cc1ccccc1P(c1ccccc1)c1ccccc1.[Sc]. The molecule has 0 aliphatic rings. The van der Waals surface area contributed by atoms with Crippen molar-refractivity contribution in [2.75, 3.05) is 0 Å². The zero-order valence-electron chi connectivity index (χ0n) is 12.1. The van der Waals surface area contributed by atoms with E-state index in [1.54, 1.807) is 0 Å². The summed E-state index contributed by atoms with van der Waals surface area (Å²) in [7, 11) is -0.467. The maximum absolute atomic E-state index is 2.26. The molecule has 0 unspecified atom stereocenters. The summed E-state index contributed by atoms with van der Waals surface area (Å²) in [4.78, 5) is 0. The van der Waals surface area contributed by atoms with Crippen LogP contribution in [0.5, 0.6) is 0 Å². The Balaban J connectivity index is 0.00000161. The summed E-state index contributed by atoms with van der Waals surface area (Å²) in [5.41, 5.74) is 1.37. The van der Waals surface area contributed by atoms with Crippen LogP contribution in [0.15, 0.2) is 84.9 Å². The van der Waals surface area contributed by atoms with Gasteiger partial charge in [-0.3, -0.25) is 0 Å². The van der Waals surface area contributed by atoms with Crippen LogP contribution < -0.4 is 15.9 Å². The third-order valence-electron chi connectivity index (χ3n) is 3.39. The Morgan fingerprint density at radius 1 is 0.571 bits per heavy atom. The molecule has 0 aromatic heterocycles. The van der Waals surface area contributed by atoms with Crippen LogP contribution in [-0.2, 0) is 25.8 Å². The van der Waals surface area contributed by atoms with E-state index in [1.165, 1.54) is 21.5 Å². The first-order valence-electron chi connectivity index (χ1n) is 6.82. The van der Waals surface area contributed by atoms with Crippen molar-refractivity contribution in [1.82, 2.24) is 0 Å². The van der Waals surface area contributed by atoms with Crippen molar-refractivity contribution >= 4 is 23.8 Å². The van der Waals surface area contributed by atoms with Gasteiger partial charge < -0.3 is 0 Å². The third kappa shape index (κ3) is 3.78. The van der Waals surface area contributed by atoms with Crippen molar-refractivity contribution in [3.8, 4) is 0 Å². The zero-order valence-corrected chi connectivity index (χ0v) is 14.8. The van der Waals surface area contributed by atoms with Crippen LogP contribution in [0.3, 0.4) is 0 Å². The molecule has 0 saturated heterocycles. The van der Waals surface area contributed by atoms with Crippen LogP contribution in [0, 0.1) is 6.92 Å². The van der Waals surface area contributed by atoms with Gasteiger partial charge in [-0.25, -0.2) is 0 Å². The molecule has 0 nitrogen and oxygen atoms in total. The van der Waals surface area contributed by atoms with Gasteiger partial charge in [-0.05, 0) is 36.3 Å². The molecule has 0 bridgehead atoms. The van der Waals surface area contributed by atoms with Gasteiger partial charge in [-0.1, -0.05) is 84.9 Å². The maximum Gasteiger partial charge on any atom is 0 e. The Bertz CT molecular complexity index is 641. The van der Waals surface area contributed by atoms with E-state index >= 15 is 0 Å². The van der Waals surface area contributed by atoms with Gasteiger partial charge in [0.1, 0.15) is 0 Å². The van der Waals surface area contributed by atoms with E-state index in [1.807, 2.05) is 0 Å². The zero-order chi connectivity index (χ0) is 13.8. The first-order chi connectivity index (χ1) is 9.86. The molecule has 0 aliphatic carbocycles. The van der Waals surface area contributed by atoms with Crippen LogP contribution in [-0.4, -0.2) is 0 Å². The van der Waals surface area contributed by atoms with E-state index in [4.69, 9.17) is 0 Å². The third-order valence-corrected chi connectivity index (χ3v) is 6.00. The monoisotopic (exact) mass is 321 g/mol. The minimum absolute atomic E-state index is 0. The predicted octanol–water partition coefficient (Wildman–Crippen LogP) is 3.75. The smallest absolute Gasteiger partial charge is 0 e. The van der Waals surface area contributed by atoms with Crippen molar-refractivity contribution in [1.29, 1.82) is 0 Å². The molecule has 0 amide bonds. The Hall–Kier alpha value is -1.04. The number of benzene rings is 3. The summed E-state index contributed by atoms with van der Waals surface area (Å²) in [5.74, 6) is 0. The number of hydrogen-bond acceptors (Lipinski definition) is 0. The molecular formula is C19H17PSc. The average molecular weight is 321 g/mol. The molecule has 2 heteroatoms. The van der Waals surface area contributed by atoms with Gasteiger partial charge in [0, 0.05) is 25.8 Å². The van der Waals surface area contributed by atoms with Crippen molar-refractivity contribution in [2.24, 2.45) is 0 Å². The maximum atomic E-state index is 2.26. The largest absolute Gasteiger partial charge is 0.0622 e. The molecule has 0 N–H and O–H groups in total. The predicted molar refractivity (Wildman–Crippen MR) is 89.9 cm³/mol. The quantitative estimate of drug-likeness (QED) is 0.645. The standard InChI is InChI=1S/C19H17P.Sc/c1-16-10-8-9-15-19(16)20(17-11-4-2-5-12-17)18-13-6-3-7-14-18;/h2-15H,1H3;. The topological polar surface area (TPSA) is 0 Å². The molecule has 1 radical (unpaired) electrons. The molecule has 3 rings (SSSR count). The molecule has 3 aromatic rings. The van der Waals surface area contributed by atoms with E-state index in [0.29, 0.717) is 0 Å². The molecular weight excluding hydrogens is 304 g/mol.